The summed E-state index contributed by atoms with van der Waals surface area (Å²) in [6.45, 7) is -0.00223. The zero-order chi connectivity index (χ0) is 72.1. The van der Waals surface area contributed by atoms with Crippen molar-refractivity contribution in [2.45, 2.75) is 0 Å². The van der Waals surface area contributed by atoms with Gasteiger partial charge < -0.3 is 24.5 Å². The average Bonchev–Trinajstić information content (AvgIpc) is 0.700. The van der Waals surface area contributed by atoms with E-state index in [1.54, 1.807) is 0 Å². The maximum absolute atomic E-state index is 2.50. The molecule has 4 aliphatic rings. The number of hydrogen-bond acceptors (Lipinski definition) is 5. The van der Waals surface area contributed by atoms with E-state index < -0.39 is 0 Å². The van der Waals surface area contributed by atoms with Gasteiger partial charge in [-0.15, -0.1) is 0 Å². The number of nitrogens with zero attached hydrogens (tertiary/aromatic N) is 5. The highest BCUT2D eigenvalue weighted by molar-refractivity contribution is 7.01. The van der Waals surface area contributed by atoms with E-state index in [2.05, 4.69) is 455 Å². The van der Waals surface area contributed by atoms with E-state index in [4.69, 9.17) is 0 Å². The van der Waals surface area contributed by atoms with Crippen LogP contribution in [0.5, 0.6) is 0 Å². The smallest absolute Gasteiger partial charge is 0.252 e. The number of rotatable bonds is 12. The molecule has 7 heteroatoms. The third kappa shape index (κ3) is 11.6. The Balaban J connectivity index is 0.000000144. The van der Waals surface area contributed by atoms with Crippen LogP contribution in [0.4, 0.5) is 85.3 Å². The Morgan fingerprint density at radius 2 is 0.394 bits per heavy atom. The van der Waals surface area contributed by atoms with Crippen LogP contribution in [0.15, 0.2) is 431 Å². The monoisotopic (exact) mass is 1390 g/mol. The van der Waals surface area contributed by atoms with Crippen LogP contribution in [0.25, 0.3) is 55.6 Å². The molecule has 0 aliphatic carbocycles. The molecular weight excluding hydrogens is 1320 g/mol. The van der Waals surface area contributed by atoms with Crippen LogP contribution < -0.4 is 57.3 Å². The van der Waals surface area contributed by atoms with Crippen molar-refractivity contribution in [2.75, 3.05) is 24.5 Å². The van der Waals surface area contributed by atoms with Crippen LogP contribution in [0.3, 0.4) is 0 Å². The Bertz CT molecular complexity index is 5820. The summed E-state index contributed by atoms with van der Waals surface area (Å²) < 4.78 is 0. The molecule has 0 saturated carbocycles. The van der Waals surface area contributed by atoms with Crippen molar-refractivity contribution in [1.29, 1.82) is 0 Å². The second-order valence-corrected chi connectivity index (χ2v) is 28.3. The van der Waals surface area contributed by atoms with Gasteiger partial charge in [-0.25, -0.2) is 0 Å². The van der Waals surface area contributed by atoms with Crippen molar-refractivity contribution >= 4 is 132 Å². The van der Waals surface area contributed by atoms with Gasteiger partial charge in [0.25, 0.3) is 13.4 Å². The van der Waals surface area contributed by atoms with E-state index in [1.807, 2.05) is 0 Å². The second kappa shape index (κ2) is 27.7. The fourth-order valence-electron chi connectivity index (χ4n) is 17.2. The molecule has 0 amide bonds. The maximum Gasteiger partial charge on any atom is 0.252 e. The maximum atomic E-state index is 2.50. The molecule has 0 spiro atoms. The lowest BCUT2D eigenvalue weighted by molar-refractivity contribution is 1.23. The van der Waals surface area contributed by atoms with Gasteiger partial charge >= 0.3 is 0 Å². The average molecular weight is 1390 g/mol. The molecule has 0 saturated heterocycles. The zero-order valence-electron chi connectivity index (χ0n) is 59.9. The first-order valence-corrected chi connectivity index (χ1v) is 37.6. The molecule has 5 nitrogen and oxygen atoms in total. The van der Waals surface area contributed by atoms with Crippen LogP contribution in [-0.2, 0) is 0 Å². The van der Waals surface area contributed by atoms with Crippen LogP contribution >= 0.6 is 0 Å². The molecule has 17 aromatic rings. The number of anilines is 15. The van der Waals surface area contributed by atoms with Crippen LogP contribution in [-0.4, -0.2) is 13.4 Å². The van der Waals surface area contributed by atoms with Gasteiger partial charge in [-0.3, -0.25) is 0 Å². The van der Waals surface area contributed by atoms with E-state index in [9.17, 15) is 0 Å². The Labute approximate surface area is 638 Å². The minimum atomic E-state index is -0.0134. The van der Waals surface area contributed by atoms with Crippen LogP contribution in [0.1, 0.15) is 0 Å². The Kier molecular flexibility index (Phi) is 16.4. The SMILES string of the molecule is c1ccc(-c2ccc3c(c2)B2c4cc(-c5ccccc5)ccc4N(c4ccccc4)c4cc(-c5ccccc5)cc(c42)N3c2ccccc2)cc1.c1ccc(-c2ccc3c(c2)N(c2ccccc2)c2cc(N(c4ccccc4)c4ccccc4)cc4c2B3c2ccc(-c3ccccc3)cc2N4c2ccccc2)cc1. The number of hydrogen-bond donors (Lipinski definition) is 0. The Morgan fingerprint density at radius 1 is 0.156 bits per heavy atom. The van der Waals surface area contributed by atoms with Crippen molar-refractivity contribution in [2.24, 2.45) is 0 Å². The van der Waals surface area contributed by atoms with Gasteiger partial charge in [-0.2, -0.15) is 0 Å². The zero-order valence-corrected chi connectivity index (χ0v) is 59.9. The first kappa shape index (κ1) is 64.5. The van der Waals surface area contributed by atoms with E-state index in [-0.39, 0.29) is 13.4 Å². The van der Waals surface area contributed by atoms with Gasteiger partial charge in [-0.1, -0.05) is 309 Å². The molecule has 4 aliphatic heterocycles. The molecule has 0 radical (unpaired) electrons. The highest BCUT2D eigenvalue weighted by atomic mass is 15.2. The highest BCUT2D eigenvalue weighted by Gasteiger charge is 2.46. The van der Waals surface area contributed by atoms with Gasteiger partial charge in [0.15, 0.2) is 0 Å². The molecule has 0 fully saturated rings. The van der Waals surface area contributed by atoms with E-state index in [0.29, 0.717) is 0 Å². The summed E-state index contributed by atoms with van der Waals surface area (Å²) in [6, 6.07) is 157. The standard InChI is InChI=1S/C54H38BN3.C48H33BN2/c1-7-19-39(20-8-1)41-31-33-48-50(35-41)57(45-27-15-5-16-28-45)52-37-47(56(43-23-11-3-12-24-43)44-25-13-4-14-26-44)38-53-54(52)55(48)49-34-32-42(40-21-9-2-10-22-40)36-51(49)58(53)46-29-17-6-18-30-46;1-6-16-34(17-7-1)37-26-28-44-42(30-37)49-43-31-38(35-18-8-2-9-19-35)27-29-45(43)51(41-24-14-5-15-25-41)47-33-39(36-20-10-3-11-21-36)32-46(48(47)49)50(44)40-22-12-4-13-23-40/h1-38H;1-33H. The van der Waals surface area contributed by atoms with Gasteiger partial charge in [0.05, 0.1) is 5.69 Å². The van der Waals surface area contributed by atoms with Gasteiger partial charge in [0, 0.05) is 79.6 Å². The second-order valence-electron chi connectivity index (χ2n) is 28.3. The molecule has 0 unspecified atom stereocenters. The molecule has 510 valence electrons. The molecule has 0 bridgehead atoms. The lowest BCUT2D eigenvalue weighted by atomic mass is 9.33. The predicted octanol–water partition coefficient (Wildman–Crippen LogP) is 23.3. The summed E-state index contributed by atoms with van der Waals surface area (Å²) in [7, 11) is 0. The first-order chi connectivity index (χ1) is 54.1. The lowest BCUT2D eigenvalue weighted by Gasteiger charge is -2.45. The number of fused-ring (bicyclic) bond motifs is 8. The summed E-state index contributed by atoms with van der Waals surface area (Å²) in [5.41, 5.74) is 37.2. The fraction of sp³-hybridized carbons (Fsp3) is 0. The number of para-hydroxylation sites is 6. The summed E-state index contributed by atoms with van der Waals surface area (Å²) in [6.07, 6.45) is 0. The largest absolute Gasteiger partial charge is 0.311 e. The molecule has 17 aromatic carbocycles. The van der Waals surface area contributed by atoms with E-state index >= 15 is 0 Å². The quantitative estimate of drug-likeness (QED) is 0.113. The topological polar surface area (TPSA) is 16.2 Å². The van der Waals surface area contributed by atoms with Crippen molar-refractivity contribution in [3.05, 3.63) is 431 Å². The summed E-state index contributed by atoms with van der Waals surface area (Å²) in [5, 5.41) is 0. The highest BCUT2D eigenvalue weighted by Crippen LogP contribution is 2.51. The normalized spacial score (nSPS) is 12.5. The summed E-state index contributed by atoms with van der Waals surface area (Å²) in [5.74, 6) is 0. The van der Waals surface area contributed by atoms with Gasteiger partial charge in [-0.05, 0) is 210 Å². The molecule has 109 heavy (non-hydrogen) atoms. The van der Waals surface area contributed by atoms with E-state index in [1.165, 1.54) is 123 Å². The first-order valence-electron chi connectivity index (χ1n) is 37.6. The van der Waals surface area contributed by atoms with Crippen LogP contribution in [0, 0.1) is 0 Å². The van der Waals surface area contributed by atoms with Gasteiger partial charge in [0.1, 0.15) is 0 Å². The van der Waals surface area contributed by atoms with Crippen molar-refractivity contribution < 1.29 is 0 Å². The Hall–Kier alpha value is -14.1. The third-order valence-corrected chi connectivity index (χ3v) is 22.0. The minimum absolute atomic E-state index is 0.0112. The molecule has 4 heterocycles. The van der Waals surface area contributed by atoms with Crippen molar-refractivity contribution in [1.82, 2.24) is 0 Å². The Morgan fingerprint density at radius 3 is 0.716 bits per heavy atom. The molecule has 0 N–H and O–H groups in total. The molecule has 0 atom stereocenters. The molecule has 0 aromatic heterocycles. The van der Waals surface area contributed by atoms with Gasteiger partial charge in [0.2, 0.25) is 0 Å². The van der Waals surface area contributed by atoms with E-state index in [0.717, 1.165) is 51.2 Å². The van der Waals surface area contributed by atoms with Crippen molar-refractivity contribution in [3.8, 4) is 55.6 Å². The van der Waals surface area contributed by atoms with Crippen LogP contribution in [0.2, 0.25) is 0 Å². The lowest BCUT2D eigenvalue weighted by Crippen LogP contribution is -2.61. The fourth-order valence-corrected chi connectivity index (χ4v) is 17.2. The predicted molar refractivity (Wildman–Crippen MR) is 463 cm³/mol. The summed E-state index contributed by atoms with van der Waals surface area (Å²) in [4.78, 5) is 12.4. The summed E-state index contributed by atoms with van der Waals surface area (Å²) >= 11 is 0. The molecule has 21 rings (SSSR count). The third-order valence-electron chi connectivity index (χ3n) is 22.0. The molecular formula is C102H71B2N5. The number of benzene rings is 17. The van der Waals surface area contributed by atoms with Crippen molar-refractivity contribution in [3.63, 3.8) is 0 Å². The minimum Gasteiger partial charge on any atom is -0.311 e.